The van der Waals surface area contributed by atoms with Crippen molar-refractivity contribution in [3.05, 3.63) is 54.0 Å². The van der Waals surface area contributed by atoms with Crippen LogP contribution < -0.4 is 9.62 Å². The first kappa shape index (κ1) is 19.9. The number of quaternary nitrogens is 1. The van der Waals surface area contributed by atoms with Crippen LogP contribution in [0.2, 0.25) is 0 Å². The average Bonchev–Trinajstić information content (AvgIpc) is 3.16. The summed E-state index contributed by atoms with van der Waals surface area (Å²) in [5, 5.41) is 0. The van der Waals surface area contributed by atoms with Crippen LogP contribution in [0.25, 0.3) is 0 Å². The van der Waals surface area contributed by atoms with Crippen LogP contribution in [-0.2, 0) is 16.2 Å². The third-order valence-electron chi connectivity index (χ3n) is 4.82. The van der Waals surface area contributed by atoms with Gasteiger partial charge in [0.1, 0.15) is 0 Å². The van der Waals surface area contributed by atoms with Gasteiger partial charge in [0.15, 0.2) is 11.8 Å². The molecular weight excluding hydrogens is 381 g/mol. The minimum absolute atomic E-state index is 0.0570. The predicted octanol–water partition coefficient (Wildman–Crippen LogP) is 2.39. The topological polar surface area (TPSA) is 63.8 Å². The molecule has 1 aromatic carbocycles. The Bertz CT molecular complexity index is 845. The van der Waals surface area contributed by atoms with Crippen LogP contribution in [0, 0.1) is 0 Å². The Kier molecular flexibility index (Phi) is 5.92. The largest absolute Gasteiger partial charge is 0.463 e. The second kappa shape index (κ2) is 8.04. The Morgan fingerprint density at radius 2 is 1.85 bits per heavy atom. The van der Waals surface area contributed by atoms with Crippen LogP contribution >= 0.6 is 0 Å². The molecule has 148 valence electrons. The average molecular weight is 403 g/mol. The molecule has 0 amide bonds. The van der Waals surface area contributed by atoms with Crippen molar-refractivity contribution in [3.8, 4) is 0 Å². The Labute approximate surface area is 156 Å². The lowest BCUT2D eigenvalue weighted by Crippen LogP contribution is -3.13. The fourth-order valence-electron chi connectivity index (χ4n) is 3.41. The van der Waals surface area contributed by atoms with Gasteiger partial charge in [-0.25, -0.2) is 13.1 Å². The minimum atomic E-state index is -4.60. The summed E-state index contributed by atoms with van der Waals surface area (Å²) in [6, 6.07) is 7.07. The second-order valence-electron chi connectivity index (χ2n) is 6.66. The maximum absolute atomic E-state index is 12.9. The van der Waals surface area contributed by atoms with Gasteiger partial charge in [0, 0.05) is 0 Å². The number of benzene rings is 1. The molecule has 2 aromatic rings. The fourth-order valence-corrected chi connectivity index (χ4v) is 4.50. The van der Waals surface area contributed by atoms with E-state index in [1.807, 2.05) is 0 Å². The summed E-state index contributed by atoms with van der Waals surface area (Å²) in [6.07, 6.45) is 0.178. The van der Waals surface area contributed by atoms with Gasteiger partial charge in [-0.15, -0.1) is 0 Å². The highest BCUT2D eigenvalue weighted by atomic mass is 32.2. The molecule has 3 rings (SSSR count). The zero-order chi connectivity index (χ0) is 19.5. The molecule has 0 aliphatic carbocycles. The molecule has 1 atom stereocenters. The smallest absolute Gasteiger partial charge is 0.416 e. The predicted molar refractivity (Wildman–Crippen MR) is 92.6 cm³/mol. The third kappa shape index (κ3) is 4.91. The zero-order valence-corrected chi connectivity index (χ0v) is 15.4. The Hall–Kier alpha value is -1.84. The number of alkyl halides is 3. The Morgan fingerprint density at radius 1 is 1.11 bits per heavy atom. The normalized spacial score (nSPS) is 17.7. The third-order valence-corrected chi connectivity index (χ3v) is 6.25. The number of halogens is 3. The van der Waals surface area contributed by atoms with E-state index >= 15 is 0 Å². The molecule has 27 heavy (non-hydrogen) atoms. The van der Waals surface area contributed by atoms with E-state index in [1.165, 1.54) is 11.2 Å². The standard InChI is InChI=1S/C18H21F3N2O3S/c19-18(20,21)14-6-4-7-15(12-14)27(24,25)22-13-16(17-8-5-11-26-17)23-9-2-1-3-10-23/h4-8,11-12,16,22H,1-3,9-10,13H2/p+1/t16-/m1/s1. The van der Waals surface area contributed by atoms with Crippen LogP contribution in [0.5, 0.6) is 0 Å². The molecule has 0 radical (unpaired) electrons. The number of likely N-dealkylation sites (tertiary alicyclic amines) is 1. The molecule has 1 saturated heterocycles. The first-order chi connectivity index (χ1) is 12.8. The number of hydrogen-bond donors (Lipinski definition) is 2. The summed E-state index contributed by atoms with van der Waals surface area (Å²) in [7, 11) is -4.07. The van der Waals surface area contributed by atoms with Crippen molar-refractivity contribution in [1.82, 2.24) is 4.72 Å². The molecule has 1 fully saturated rings. The van der Waals surface area contributed by atoms with Crippen molar-refractivity contribution < 1.29 is 30.9 Å². The van der Waals surface area contributed by atoms with Gasteiger partial charge in [0.2, 0.25) is 10.0 Å². The molecule has 0 bridgehead atoms. The SMILES string of the molecule is O=S(=O)(NC[C@H](c1ccco1)[NH+]1CCCCC1)c1cccc(C(F)(F)F)c1. The summed E-state index contributed by atoms with van der Waals surface area (Å²) in [4.78, 5) is 0.812. The van der Waals surface area contributed by atoms with Crippen LogP contribution in [0.1, 0.15) is 36.6 Å². The van der Waals surface area contributed by atoms with Crippen LogP contribution in [0.3, 0.4) is 0 Å². The van der Waals surface area contributed by atoms with Crippen molar-refractivity contribution >= 4 is 10.0 Å². The Balaban J connectivity index is 1.78. The van der Waals surface area contributed by atoms with Crippen LogP contribution in [-0.4, -0.2) is 28.1 Å². The molecule has 2 N–H and O–H groups in total. The summed E-state index contributed by atoms with van der Waals surface area (Å²) < 4.78 is 71.6. The van der Waals surface area contributed by atoms with Crippen molar-refractivity contribution in [2.45, 2.75) is 36.4 Å². The lowest BCUT2D eigenvalue weighted by atomic mass is 10.1. The van der Waals surface area contributed by atoms with Gasteiger partial charge < -0.3 is 9.32 Å². The Morgan fingerprint density at radius 3 is 2.48 bits per heavy atom. The second-order valence-corrected chi connectivity index (χ2v) is 8.43. The van der Waals surface area contributed by atoms with Crippen LogP contribution in [0.15, 0.2) is 52.0 Å². The lowest BCUT2D eigenvalue weighted by Gasteiger charge is -2.30. The first-order valence-electron chi connectivity index (χ1n) is 8.82. The quantitative estimate of drug-likeness (QED) is 0.779. The summed E-state index contributed by atoms with van der Waals surface area (Å²) in [6.45, 7) is 1.86. The molecule has 1 aliphatic rings. The van der Waals surface area contributed by atoms with Crippen molar-refractivity contribution in [3.63, 3.8) is 0 Å². The van der Waals surface area contributed by atoms with Crippen LogP contribution in [0.4, 0.5) is 13.2 Å². The van der Waals surface area contributed by atoms with Gasteiger partial charge in [-0.05, 0) is 49.6 Å². The highest BCUT2D eigenvalue weighted by Crippen LogP contribution is 2.30. The van der Waals surface area contributed by atoms with Crippen molar-refractivity contribution in [2.75, 3.05) is 19.6 Å². The van der Waals surface area contributed by atoms with Gasteiger partial charge in [0.25, 0.3) is 0 Å². The first-order valence-corrected chi connectivity index (χ1v) is 10.3. The minimum Gasteiger partial charge on any atom is -0.463 e. The number of sulfonamides is 1. The van der Waals surface area contributed by atoms with E-state index in [4.69, 9.17) is 4.42 Å². The van der Waals surface area contributed by atoms with Gasteiger partial charge >= 0.3 is 6.18 Å². The fraction of sp³-hybridized carbons (Fsp3) is 0.444. The highest BCUT2D eigenvalue weighted by molar-refractivity contribution is 7.89. The molecule has 0 unspecified atom stereocenters. The maximum Gasteiger partial charge on any atom is 0.416 e. The van der Waals surface area contributed by atoms with E-state index in [-0.39, 0.29) is 12.6 Å². The van der Waals surface area contributed by atoms with E-state index in [0.29, 0.717) is 11.8 Å². The van der Waals surface area contributed by atoms with Gasteiger partial charge in [0.05, 0.1) is 36.4 Å². The number of rotatable bonds is 6. The molecule has 5 nitrogen and oxygen atoms in total. The summed E-state index contributed by atoms with van der Waals surface area (Å²) in [5.74, 6) is 0.665. The molecule has 0 spiro atoms. The van der Waals surface area contributed by atoms with E-state index < -0.39 is 26.7 Å². The van der Waals surface area contributed by atoms with E-state index in [2.05, 4.69) is 4.72 Å². The number of nitrogens with one attached hydrogen (secondary N) is 2. The van der Waals surface area contributed by atoms with Gasteiger partial charge in [-0.2, -0.15) is 13.2 Å². The lowest BCUT2D eigenvalue weighted by molar-refractivity contribution is -0.935. The molecular formula is C18H22F3N2O3S+. The van der Waals surface area contributed by atoms with E-state index in [1.54, 1.807) is 12.1 Å². The highest BCUT2D eigenvalue weighted by Gasteiger charge is 2.33. The number of hydrogen-bond acceptors (Lipinski definition) is 3. The maximum atomic E-state index is 12.9. The molecule has 2 heterocycles. The van der Waals surface area contributed by atoms with Crippen molar-refractivity contribution in [2.24, 2.45) is 0 Å². The monoisotopic (exact) mass is 403 g/mol. The van der Waals surface area contributed by atoms with E-state index in [9.17, 15) is 21.6 Å². The molecule has 9 heteroatoms. The zero-order valence-electron chi connectivity index (χ0n) is 14.6. The molecule has 1 aromatic heterocycles. The number of furan rings is 1. The summed E-state index contributed by atoms with van der Waals surface area (Å²) in [5.41, 5.74) is -0.991. The summed E-state index contributed by atoms with van der Waals surface area (Å²) >= 11 is 0. The van der Waals surface area contributed by atoms with E-state index in [0.717, 1.165) is 50.6 Å². The van der Waals surface area contributed by atoms with Gasteiger partial charge in [-0.3, -0.25) is 0 Å². The molecule has 0 saturated carbocycles. The molecule has 1 aliphatic heterocycles. The van der Waals surface area contributed by atoms with Gasteiger partial charge in [-0.1, -0.05) is 6.07 Å². The number of piperidine rings is 1. The van der Waals surface area contributed by atoms with Crippen molar-refractivity contribution in [1.29, 1.82) is 0 Å².